The van der Waals surface area contributed by atoms with Gasteiger partial charge < -0.3 is 9.47 Å². The predicted octanol–water partition coefficient (Wildman–Crippen LogP) is 9.62. The van der Waals surface area contributed by atoms with E-state index in [1.807, 2.05) is 12.1 Å². The largest absolute Gasteiger partial charge is 0.462 e. The van der Waals surface area contributed by atoms with Crippen molar-refractivity contribution >= 4 is 11.9 Å². The maximum atomic E-state index is 13.1. The number of hydrogen-bond donors (Lipinski definition) is 0. The summed E-state index contributed by atoms with van der Waals surface area (Å²) in [7, 11) is 0. The monoisotopic (exact) mass is 502 g/mol. The molecule has 0 unspecified atom stereocenters. The van der Waals surface area contributed by atoms with Crippen LogP contribution in [0.2, 0.25) is 0 Å². The molecule has 0 aliphatic heterocycles. The molecular formula is C32H54O4. The van der Waals surface area contributed by atoms with Gasteiger partial charge in [0.25, 0.3) is 0 Å². The fourth-order valence-electron chi connectivity index (χ4n) is 4.56. The Morgan fingerprint density at radius 2 is 1.00 bits per heavy atom. The zero-order chi connectivity index (χ0) is 26.3. The Labute approximate surface area is 221 Å². The molecule has 206 valence electrons. The van der Waals surface area contributed by atoms with Gasteiger partial charge in [-0.15, -0.1) is 0 Å². The number of hydrogen-bond acceptors (Lipinski definition) is 4. The Morgan fingerprint density at radius 1 is 0.556 bits per heavy atom. The van der Waals surface area contributed by atoms with Crippen LogP contribution < -0.4 is 0 Å². The summed E-state index contributed by atoms with van der Waals surface area (Å²) in [6.07, 6.45) is 21.7. The van der Waals surface area contributed by atoms with E-state index in [0.29, 0.717) is 24.3 Å². The summed E-state index contributed by atoms with van der Waals surface area (Å²) in [5, 5.41) is 0. The smallest absolute Gasteiger partial charge is 0.339 e. The van der Waals surface area contributed by atoms with Gasteiger partial charge in [-0.2, -0.15) is 0 Å². The average Bonchev–Trinajstić information content (AvgIpc) is 2.89. The molecule has 0 aliphatic carbocycles. The fourth-order valence-corrected chi connectivity index (χ4v) is 4.56. The second kappa shape index (κ2) is 22.4. The van der Waals surface area contributed by atoms with E-state index in [4.69, 9.17) is 9.47 Å². The van der Waals surface area contributed by atoms with Crippen molar-refractivity contribution in [3.63, 3.8) is 0 Å². The molecule has 0 heterocycles. The van der Waals surface area contributed by atoms with Gasteiger partial charge in [0.1, 0.15) is 0 Å². The predicted molar refractivity (Wildman–Crippen MR) is 151 cm³/mol. The third kappa shape index (κ3) is 14.7. The molecular weight excluding hydrogens is 448 g/mol. The van der Waals surface area contributed by atoms with E-state index >= 15 is 0 Å². The standard InChI is InChI=1S/C32H54O4/c1-4-7-10-13-15-16-17-19-23-28-24-22-25-29(31(33)35-26-20-12-9-6-3)30(28)32(34)36-27-21-18-14-11-8-5-2/h22,24-25H,4-21,23,26-27H2,1-3H3. The molecule has 1 aromatic carbocycles. The molecule has 1 rings (SSSR count). The highest BCUT2D eigenvalue weighted by Gasteiger charge is 2.23. The minimum atomic E-state index is -0.407. The van der Waals surface area contributed by atoms with Crippen molar-refractivity contribution in [1.29, 1.82) is 0 Å². The zero-order valence-electron chi connectivity index (χ0n) is 23.7. The van der Waals surface area contributed by atoms with Crippen molar-refractivity contribution in [3.8, 4) is 0 Å². The molecule has 0 atom stereocenters. The second-order valence-corrected chi connectivity index (χ2v) is 10.2. The molecule has 0 spiro atoms. The molecule has 0 aromatic heterocycles. The van der Waals surface area contributed by atoms with Gasteiger partial charge >= 0.3 is 11.9 Å². The molecule has 4 heteroatoms. The SMILES string of the molecule is CCCCCCCCCCc1cccc(C(=O)OCCCCCC)c1C(=O)OCCCCCCCC. The number of rotatable bonds is 23. The van der Waals surface area contributed by atoms with Crippen molar-refractivity contribution in [2.24, 2.45) is 0 Å². The number of aryl methyl sites for hydroxylation is 1. The van der Waals surface area contributed by atoms with Crippen LogP contribution in [-0.2, 0) is 15.9 Å². The maximum Gasteiger partial charge on any atom is 0.339 e. The number of unbranched alkanes of at least 4 members (excludes halogenated alkanes) is 15. The minimum Gasteiger partial charge on any atom is -0.462 e. The summed E-state index contributed by atoms with van der Waals surface area (Å²) in [4.78, 5) is 26.0. The Hall–Kier alpha value is -1.84. The van der Waals surface area contributed by atoms with Crippen LogP contribution in [0.1, 0.15) is 163 Å². The van der Waals surface area contributed by atoms with Gasteiger partial charge in [-0.05, 0) is 37.3 Å². The van der Waals surface area contributed by atoms with Crippen molar-refractivity contribution in [3.05, 3.63) is 34.9 Å². The number of esters is 2. The van der Waals surface area contributed by atoms with Gasteiger partial charge in [0.15, 0.2) is 0 Å². The lowest BCUT2D eigenvalue weighted by Gasteiger charge is -2.14. The average molecular weight is 503 g/mol. The van der Waals surface area contributed by atoms with Crippen LogP contribution in [0.25, 0.3) is 0 Å². The molecule has 0 saturated heterocycles. The van der Waals surface area contributed by atoms with E-state index < -0.39 is 5.97 Å². The summed E-state index contributed by atoms with van der Waals surface area (Å²) >= 11 is 0. The summed E-state index contributed by atoms with van der Waals surface area (Å²) < 4.78 is 11.2. The molecule has 1 aromatic rings. The van der Waals surface area contributed by atoms with E-state index in [0.717, 1.165) is 63.4 Å². The third-order valence-electron chi connectivity index (χ3n) is 6.84. The molecule has 4 nitrogen and oxygen atoms in total. The Bertz CT molecular complexity index is 697. The maximum absolute atomic E-state index is 13.1. The van der Waals surface area contributed by atoms with Crippen molar-refractivity contribution in [2.45, 2.75) is 143 Å². The van der Waals surface area contributed by atoms with Crippen LogP contribution in [0.4, 0.5) is 0 Å². The van der Waals surface area contributed by atoms with Crippen molar-refractivity contribution in [2.75, 3.05) is 13.2 Å². The van der Waals surface area contributed by atoms with Crippen molar-refractivity contribution in [1.82, 2.24) is 0 Å². The van der Waals surface area contributed by atoms with Gasteiger partial charge in [-0.1, -0.05) is 129 Å². The third-order valence-corrected chi connectivity index (χ3v) is 6.84. The minimum absolute atomic E-state index is 0.357. The van der Waals surface area contributed by atoms with Crippen LogP contribution in [0.5, 0.6) is 0 Å². The van der Waals surface area contributed by atoms with Crippen LogP contribution >= 0.6 is 0 Å². The van der Waals surface area contributed by atoms with Crippen LogP contribution in [0.15, 0.2) is 18.2 Å². The van der Waals surface area contributed by atoms with Gasteiger partial charge in [0.05, 0.1) is 24.3 Å². The first kappa shape index (κ1) is 32.2. The highest BCUT2D eigenvalue weighted by atomic mass is 16.5. The Kier molecular flexibility index (Phi) is 20.0. The second-order valence-electron chi connectivity index (χ2n) is 10.2. The molecule has 0 N–H and O–H groups in total. The molecule has 0 fully saturated rings. The van der Waals surface area contributed by atoms with E-state index in [2.05, 4.69) is 20.8 Å². The van der Waals surface area contributed by atoms with Gasteiger partial charge in [0.2, 0.25) is 0 Å². The number of ether oxygens (including phenoxy) is 2. The van der Waals surface area contributed by atoms with Crippen molar-refractivity contribution < 1.29 is 19.1 Å². The molecule has 0 saturated carbocycles. The van der Waals surface area contributed by atoms with E-state index in [1.165, 1.54) is 64.2 Å². The fraction of sp³-hybridized carbons (Fsp3) is 0.750. The number of carbonyl (C=O) groups excluding carboxylic acids is 2. The quantitative estimate of drug-likeness (QED) is 0.110. The van der Waals surface area contributed by atoms with E-state index in [9.17, 15) is 9.59 Å². The molecule has 0 radical (unpaired) electrons. The molecule has 0 bridgehead atoms. The Morgan fingerprint density at radius 3 is 1.56 bits per heavy atom. The molecule has 0 aliphatic rings. The van der Waals surface area contributed by atoms with Crippen LogP contribution in [0.3, 0.4) is 0 Å². The lowest BCUT2D eigenvalue weighted by atomic mass is 9.96. The van der Waals surface area contributed by atoms with Crippen LogP contribution in [0, 0.1) is 0 Å². The normalized spacial score (nSPS) is 11.0. The topological polar surface area (TPSA) is 52.6 Å². The van der Waals surface area contributed by atoms with Gasteiger partial charge in [-0.25, -0.2) is 9.59 Å². The molecule has 0 amide bonds. The lowest BCUT2D eigenvalue weighted by molar-refractivity contribution is 0.0449. The lowest BCUT2D eigenvalue weighted by Crippen LogP contribution is -2.17. The Balaban J connectivity index is 2.72. The summed E-state index contributed by atoms with van der Waals surface area (Å²) in [5.74, 6) is -0.785. The zero-order valence-corrected chi connectivity index (χ0v) is 23.7. The first-order valence-electron chi connectivity index (χ1n) is 15.1. The summed E-state index contributed by atoms with van der Waals surface area (Å²) in [6.45, 7) is 7.41. The summed E-state index contributed by atoms with van der Waals surface area (Å²) in [6, 6.07) is 5.56. The van der Waals surface area contributed by atoms with Crippen LogP contribution in [-0.4, -0.2) is 25.2 Å². The number of carbonyl (C=O) groups is 2. The van der Waals surface area contributed by atoms with Gasteiger partial charge in [-0.3, -0.25) is 0 Å². The van der Waals surface area contributed by atoms with Gasteiger partial charge in [0, 0.05) is 0 Å². The highest BCUT2D eigenvalue weighted by molar-refractivity contribution is 6.04. The highest BCUT2D eigenvalue weighted by Crippen LogP contribution is 2.21. The first-order valence-corrected chi connectivity index (χ1v) is 15.1. The first-order chi connectivity index (χ1) is 17.7. The number of benzene rings is 1. The summed E-state index contributed by atoms with van der Waals surface area (Å²) in [5.41, 5.74) is 1.69. The molecule has 36 heavy (non-hydrogen) atoms. The van der Waals surface area contributed by atoms with E-state index in [1.54, 1.807) is 6.07 Å². The van der Waals surface area contributed by atoms with E-state index in [-0.39, 0.29) is 5.97 Å².